The minimum atomic E-state index is -0.152. The minimum absolute atomic E-state index is 0.0246. The lowest BCUT2D eigenvalue weighted by Crippen LogP contribution is -2.31. The van der Waals surface area contributed by atoms with E-state index in [9.17, 15) is 9.59 Å². The monoisotopic (exact) mass is 366 g/mol. The first-order chi connectivity index (χ1) is 12.5. The largest absolute Gasteiger partial charge is 0.352 e. The number of rotatable bonds is 6. The molecule has 134 valence electrons. The first-order valence-corrected chi connectivity index (χ1v) is 9.46. The SMILES string of the molecule is Cc1ccsc1CN(C)C(=O)CCNC(=O)c1ccc2ccccc2c1. The molecule has 1 heterocycles. The van der Waals surface area contributed by atoms with Gasteiger partial charge in [-0.15, -0.1) is 11.3 Å². The number of hydrogen-bond donors (Lipinski definition) is 1. The molecule has 5 heteroatoms. The average Bonchev–Trinajstić information content (AvgIpc) is 3.05. The standard InChI is InChI=1S/C21H22N2O2S/c1-15-10-12-26-19(15)14-23(2)20(24)9-11-22-21(25)18-8-7-16-5-3-4-6-17(16)13-18/h3-8,10,12-13H,9,11,14H2,1-2H3,(H,22,25). The van der Waals surface area contributed by atoms with Crippen LogP contribution in [0.25, 0.3) is 10.8 Å². The van der Waals surface area contributed by atoms with Crippen LogP contribution in [0.1, 0.15) is 27.2 Å². The van der Waals surface area contributed by atoms with E-state index in [4.69, 9.17) is 0 Å². The molecule has 26 heavy (non-hydrogen) atoms. The van der Waals surface area contributed by atoms with Crippen molar-refractivity contribution in [3.05, 3.63) is 69.9 Å². The fourth-order valence-corrected chi connectivity index (χ4v) is 3.73. The molecule has 0 fully saturated rings. The smallest absolute Gasteiger partial charge is 0.251 e. The van der Waals surface area contributed by atoms with Gasteiger partial charge in [-0.05, 0) is 46.8 Å². The Morgan fingerprint density at radius 2 is 1.85 bits per heavy atom. The molecule has 0 spiro atoms. The maximum atomic E-state index is 12.3. The predicted molar refractivity (Wildman–Crippen MR) is 106 cm³/mol. The quantitative estimate of drug-likeness (QED) is 0.717. The Morgan fingerprint density at radius 3 is 2.58 bits per heavy atom. The van der Waals surface area contributed by atoms with Gasteiger partial charge in [-0.1, -0.05) is 30.3 Å². The van der Waals surface area contributed by atoms with E-state index in [1.807, 2.05) is 54.8 Å². The molecule has 0 aliphatic heterocycles. The van der Waals surface area contributed by atoms with Crippen LogP contribution in [0.4, 0.5) is 0 Å². The molecule has 1 aromatic heterocycles. The van der Waals surface area contributed by atoms with Gasteiger partial charge in [-0.3, -0.25) is 9.59 Å². The highest BCUT2D eigenvalue weighted by atomic mass is 32.1. The second-order valence-electron chi connectivity index (χ2n) is 6.34. The van der Waals surface area contributed by atoms with E-state index in [-0.39, 0.29) is 11.8 Å². The van der Waals surface area contributed by atoms with E-state index in [2.05, 4.69) is 11.4 Å². The van der Waals surface area contributed by atoms with Crippen LogP contribution in [0.15, 0.2) is 53.9 Å². The van der Waals surface area contributed by atoms with Crippen LogP contribution in [0, 0.1) is 6.92 Å². The van der Waals surface area contributed by atoms with Crippen LogP contribution in [0.2, 0.25) is 0 Å². The third kappa shape index (κ3) is 4.29. The van der Waals surface area contributed by atoms with Crippen LogP contribution in [0.3, 0.4) is 0 Å². The van der Waals surface area contributed by atoms with Gasteiger partial charge in [0.15, 0.2) is 0 Å². The van der Waals surface area contributed by atoms with Gasteiger partial charge >= 0.3 is 0 Å². The Hall–Kier alpha value is -2.66. The zero-order valence-electron chi connectivity index (χ0n) is 15.0. The summed E-state index contributed by atoms with van der Waals surface area (Å²) in [4.78, 5) is 27.5. The van der Waals surface area contributed by atoms with E-state index in [0.717, 1.165) is 10.8 Å². The number of aryl methyl sites for hydroxylation is 1. The number of amides is 2. The maximum Gasteiger partial charge on any atom is 0.251 e. The summed E-state index contributed by atoms with van der Waals surface area (Å²) < 4.78 is 0. The number of carbonyl (C=O) groups is 2. The topological polar surface area (TPSA) is 49.4 Å². The molecule has 4 nitrogen and oxygen atoms in total. The van der Waals surface area contributed by atoms with Crippen LogP contribution in [-0.2, 0) is 11.3 Å². The minimum Gasteiger partial charge on any atom is -0.352 e. The molecule has 0 aliphatic carbocycles. The van der Waals surface area contributed by atoms with Crippen molar-refractivity contribution in [3.63, 3.8) is 0 Å². The summed E-state index contributed by atoms with van der Waals surface area (Å²) in [6.07, 6.45) is 0.292. The molecular formula is C21H22N2O2S. The molecule has 0 saturated carbocycles. The lowest BCUT2D eigenvalue weighted by atomic mass is 10.1. The summed E-state index contributed by atoms with van der Waals surface area (Å²) in [5, 5.41) is 7.00. The second kappa shape index (κ2) is 8.15. The molecule has 3 aromatic rings. The van der Waals surface area contributed by atoms with Crippen LogP contribution in [0.5, 0.6) is 0 Å². The van der Waals surface area contributed by atoms with Crippen LogP contribution in [-0.4, -0.2) is 30.3 Å². The average molecular weight is 366 g/mol. The second-order valence-corrected chi connectivity index (χ2v) is 7.35. The number of carbonyl (C=O) groups excluding carboxylic acids is 2. The molecule has 0 aliphatic rings. The summed E-state index contributed by atoms with van der Waals surface area (Å²) in [6.45, 7) is 2.99. The summed E-state index contributed by atoms with van der Waals surface area (Å²) in [6, 6.07) is 15.6. The first-order valence-electron chi connectivity index (χ1n) is 8.58. The Morgan fingerprint density at radius 1 is 1.08 bits per heavy atom. The number of nitrogens with one attached hydrogen (secondary N) is 1. The Bertz CT molecular complexity index is 932. The lowest BCUT2D eigenvalue weighted by Gasteiger charge is -2.17. The molecule has 3 rings (SSSR count). The molecule has 2 amide bonds. The number of benzene rings is 2. The summed E-state index contributed by atoms with van der Waals surface area (Å²) >= 11 is 1.66. The summed E-state index contributed by atoms with van der Waals surface area (Å²) in [5.74, 6) is -0.128. The van der Waals surface area contributed by atoms with Gasteiger partial charge in [0.1, 0.15) is 0 Å². The van der Waals surface area contributed by atoms with Gasteiger partial charge in [0.05, 0.1) is 6.54 Å². The third-order valence-electron chi connectivity index (χ3n) is 4.41. The Kier molecular flexibility index (Phi) is 5.68. The van der Waals surface area contributed by atoms with Gasteiger partial charge in [0.25, 0.3) is 5.91 Å². The van der Waals surface area contributed by atoms with Crippen molar-refractivity contribution in [1.29, 1.82) is 0 Å². The van der Waals surface area contributed by atoms with E-state index >= 15 is 0 Å². The van der Waals surface area contributed by atoms with Crippen molar-refractivity contribution in [2.45, 2.75) is 19.9 Å². The van der Waals surface area contributed by atoms with Gasteiger partial charge in [0.2, 0.25) is 5.91 Å². The van der Waals surface area contributed by atoms with E-state index in [1.54, 1.807) is 23.3 Å². The van der Waals surface area contributed by atoms with Crippen LogP contribution >= 0.6 is 11.3 Å². The van der Waals surface area contributed by atoms with E-state index in [1.165, 1.54) is 10.4 Å². The molecule has 0 saturated heterocycles. The van der Waals surface area contributed by atoms with Crippen molar-refractivity contribution in [2.24, 2.45) is 0 Å². The van der Waals surface area contributed by atoms with Crippen molar-refractivity contribution in [3.8, 4) is 0 Å². The number of hydrogen-bond acceptors (Lipinski definition) is 3. The first kappa shape index (κ1) is 18.1. The number of fused-ring (bicyclic) bond motifs is 1. The van der Waals surface area contributed by atoms with Crippen molar-refractivity contribution in [1.82, 2.24) is 10.2 Å². The molecule has 0 radical (unpaired) electrons. The van der Waals surface area contributed by atoms with Gasteiger partial charge < -0.3 is 10.2 Å². The zero-order valence-corrected chi connectivity index (χ0v) is 15.8. The highest BCUT2D eigenvalue weighted by Crippen LogP contribution is 2.18. The van der Waals surface area contributed by atoms with Crippen molar-refractivity contribution >= 4 is 33.9 Å². The fourth-order valence-electron chi connectivity index (χ4n) is 2.78. The molecule has 2 aromatic carbocycles. The fraction of sp³-hybridized carbons (Fsp3) is 0.238. The van der Waals surface area contributed by atoms with Crippen molar-refractivity contribution in [2.75, 3.05) is 13.6 Å². The highest BCUT2D eigenvalue weighted by Gasteiger charge is 2.12. The number of nitrogens with zero attached hydrogens (tertiary/aromatic N) is 1. The van der Waals surface area contributed by atoms with E-state index in [0.29, 0.717) is 25.1 Å². The normalized spacial score (nSPS) is 10.7. The zero-order chi connectivity index (χ0) is 18.5. The van der Waals surface area contributed by atoms with E-state index < -0.39 is 0 Å². The number of thiophene rings is 1. The maximum absolute atomic E-state index is 12.3. The highest BCUT2D eigenvalue weighted by molar-refractivity contribution is 7.10. The van der Waals surface area contributed by atoms with Crippen molar-refractivity contribution < 1.29 is 9.59 Å². The van der Waals surface area contributed by atoms with Gasteiger partial charge in [0, 0.05) is 30.5 Å². The molecule has 0 bridgehead atoms. The Labute approximate surface area is 157 Å². The molecule has 0 atom stereocenters. The summed E-state index contributed by atoms with van der Waals surface area (Å²) in [5.41, 5.74) is 1.82. The van der Waals surface area contributed by atoms with Crippen LogP contribution < -0.4 is 5.32 Å². The Balaban J connectivity index is 1.50. The van der Waals surface area contributed by atoms with Gasteiger partial charge in [-0.2, -0.15) is 0 Å². The molecule has 0 unspecified atom stereocenters. The third-order valence-corrected chi connectivity index (χ3v) is 5.42. The molecular weight excluding hydrogens is 344 g/mol. The lowest BCUT2D eigenvalue weighted by molar-refractivity contribution is -0.130. The van der Waals surface area contributed by atoms with Gasteiger partial charge in [-0.25, -0.2) is 0 Å². The predicted octanol–water partition coefficient (Wildman–Crippen LogP) is 3.99. The molecule has 1 N–H and O–H groups in total. The summed E-state index contributed by atoms with van der Waals surface area (Å²) in [7, 11) is 1.80.